The molecule has 0 aliphatic carbocycles. The molecule has 0 fully saturated rings. The van der Waals surface area contributed by atoms with E-state index in [0.29, 0.717) is 5.56 Å². The molecular formula is C16H15NO. The smallest absolute Gasteiger partial charge is 0.255 e. The van der Waals surface area contributed by atoms with E-state index in [0.717, 1.165) is 11.1 Å². The highest BCUT2D eigenvalue weighted by atomic mass is 16.1. The Morgan fingerprint density at radius 3 is 2.33 bits per heavy atom. The number of carbonyl (C=O) groups excluding carboxylic acids is 1. The Balaban J connectivity index is 1.96. The van der Waals surface area contributed by atoms with Crippen molar-refractivity contribution >= 4 is 12.0 Å². The summed E-state index contributed by atoms with van der Waals surface area (Å²) < 4.78 is 0. The van der Waals surface area contributed by atoms with Crippen LogP contribution in [0.1, 0.15) is 21.5 Å². The number of benzene rings is 2. The zero-order valence-corrected chi connectivity index (χ0v) is 10.3. The summed E-state index contributed by atoms with van der Waals surface area (Å²) in [5.41, 5.74) is 2.87. The molecule has 90 valence electrons. The highest BCUT2D eigenvalue weighted by molar-refractivity contribution is 5.95. The van der Waals surface area contributed by atoms with Crippen molar-refractivity contribution < 1.29 is 4.79 Å². The van der Waals surface area contributed by atoms with Gasteiger partial charge >= 0.3 is 0 Å². The molecule has 2 aromatic carbocycles. The van der Waals surface area contributed by atoms with Crippen LogP contribution in [-0.4, -0.2) is 5.91 Å². The second-order valence-electron chi connectivity index (χ2n) is 4.08. The molecule has 0 spiro atoms. The first-order valence-electron chi connectivity index (χ1n) is 5.85. The average molecular weight is 237 g/mol. The topological polar surface area (TPSA) is 29.1 Å². The van der Waals surface area contributed by atoms with Crippen LogP contribution in [0, 0.1) is 6.92 Å². The number of rotatable bonds is 3. The standard InChI is InChI=1S/C16H15NO/c1-13-7-9-15(10-8-13)16(18)17-12-11-14-5-3-2-4-6-14/h2-12H,1H3,(H,17,18)/b12-11-. The summed E-state index contributed by atoms with van der Waals surface area (Å²) in [6.45, 7) is 2.00. The van der Waals surface area contributed by atoms with Gasteiger partial charge in [-0.2, -0.15) is 0 Å². The van der Waals surface area contributed by atoms with Gasteiger partial charge in [0.05, 0.1) is 0 Å². The normalized spacial score (nSPS) is 10.5. The van der Waals surface area contributed by atoms with E-state index >= 15 is 0 Å². The molecule has 0 radical (unpaired) electrons. The van der Waals surface area contributed by atoms with Crippen molar-refractivity contribution in [1.82, 2.24) is 5.32 Å². The third kappa shape index (κ3) is 3.32. The summed E-state index contributed by atoms with van der Waals surface area (Å²) in [6.07, 6.45) is 3.53. The zero-order chi connectivity index (χ0) is 12.8. The fraction of sp³-hybridized carbons (Fsp3) is 0.0625. The van der Waals surface area contributed by atoms with Gasteiger partial charge in [0.1, 0.15) is 0 Å². The molecule has 0 saturated carbocycles. The predicted octanol–water partition coefficient (Wildman–Crippen LogP) is 3.40. The van der Waals surface area contributed by atoms with E-state index in [2.05, 4.69) is 5.32 Å². The van der Waals surface area contributed by atoms with Gasteiger partial charge in [0.25, 0.3) is 5.91 Å². The van der Waals surface area contributed by atoms with Crippen molar-refractivity contribution in [3.05, 3.63) is 77.5 Å². The Kier molecular flexibility index (Phi) is 3.92. The molecule has 1 N–H and O–H groups in total. The van der Waals surface area contributed by atoms with Crippen molar-refractivity contribution in [2.24, 2.45) is 0 Å². The highest BCUT2D eigenvalue weighted by Crippen LogP contribution is 2.03. The van der Waals surface area contributed by atoms with E-state index < -0.39 is 0 Å². The first-order valence-corrected chi connectivity index (χ1v) is 5.85. The second kappa shape index (κ2) is 5.82. The molecule has 0 aliphatic heterocycles. The summed E-state index contributed by atoms with van der Waals surface area (Å²) in [7, 11) is 0. The van der Waals surface area contributed by atoms with Gasteiger partial charge in [-0.3, -0.25) is 4.79 Å². The first kappa shape index (κ1) is 12.1. The van der Waals surface area contributed by atoms with Crippen LogP contribution in [0.5, 0.6) is 0 Å². The van der Waals surface area contributed by atoms with Gasteiger partial charge in [0.15, 0.2) is 0 Å². The molecule has 2 nitrogen and oxygen atoms in total. The minimum atomic E-state index is -0.0952. The lowest BCUT2D eigenvalue weighted by Gasteiger charge is -2.00. The molecule has 2 aromatic rings. The third-order valence-electron chi connectivity index (χ3n) is 2.60. The largest absolute Gasteiger partial charge is 0.329 e. The van der Waals surface area contributed by atoms with Gasteiger partial charge in [-0.05, 0) is 30.7 Å². The van der Waals surface area contributed by atoms with E-state index in [-0.39, 0.29) is 5.91 Å². The fourth-order valence-electron chi connectivity index (χ4n) is 1.57. The van der Waals surface area contributed by atoms with Crippen LogP contribution in [0.25, 0.3) is 6.08 Å². The minimum Gasteiger partial charge on any atom is -0.329 e. The van der Waals surface area contributed by atoms with Gasteiger partial charge in [-0.1, -0.05) is 48.0 Å². The monoisotopic (exact) mass is 237 g/mol. The van der Waals surface area contributed by atoms with E-state index in [9.17, 15) is 4.79 Å². The molecule has 0 bridgehead atoms. The number of carbonyl (C=O) groups is 1. The van der Waals surface area contributed by atoms with E-state index in [4.69, 9.17) is 0 Å². The Bertz CT molecular complexity index is 541. The Morgan fingerprint density at radius 2 is 1.67 bits per heavy atom. The number of hydrogen-bond acceptors (Lipinski definition) is 1. The van der Waals surface area contributed by atoms with Gasteiger partial charge < -0.3 is 5.32 Å². The molecule has 2 rings (SSSR count). The van der Waals surface area contributed by atoms with Gasteiger partial charge in [0.2, 0.25) is 0 Å². The molecule has 0 unspecified atom stereocenters. The number of hydrogen-bond donors (Lipinski definition) is 1. The van der Waals surface area contributed by atoms with Crippen molar-refractivity contribution in [1.29, 1.82) is 0 Å². The van der Waals surface area contributed by atoms with Crippen LogP contribution in [0.4, 0.5) is 0 Å². The molecule has 0 aliphatic rings. The van der Waals surface area contributed by atoms with Crippen molar-refractivity contribution in [2.45, 2.75) is 6.92 Å². The van der Waals surface area contributed by atoms with Crippen LogP contribution < -0.4 is 5.32 Å². The van der Waals surface area contributed by atoms with Gasteiger partial charge in [-0.25, -0.2) is 0 Å². The maximum absolute atomic E-state index is 11.8. The number of amides is 1. The van der Waals surface area contributed by atoms with Crippen LogP contribution in [-0.2, 0) is 0 Å². The third-order valence-corrected chi connectivity index (χ3v) is 2.60. The van der Waals surface area contributed by atoms with E-state index in [1.807, 2.05) is 67.6 Å². The summed E-state index contributed by atoms with van der Waals surface area (Å²) in [4.78, 5) is 11.8. The van der Waals surface area contributed by atoms with Crippen LogP contribution in [0.15, 0.2) is 60.8 Å². The van der Waals surface area contributed by atoms with Crippen molar-refractivity contribution in [3.63, 3.8) is 0 Å². The summed E-state index contributed by atoms with van der Waals surface area (Å²) in [5, 5.41) is 2.75. The predicted molar refractivity (Wildman–Crippen MR) is 74.1 cm³/mol. The second-order valence-corrected chi connectivity index (χ2v) is 4.08. The Hall–Kier alpha value is -2.35. The molecule has 2 heteroatoms. The van der Waals surface area contributed by atoms with Crippen LogP contribution in [0.2, 0.25) is 0 Å². The molecular weight excluding hydrogens is 222 g/mol. The summed E-state index contributed by atoms with van der Waals surface area (Å²) in [6, 6.07) is 17.3. The quantitative estimate of drug-likeness (QED) is 0.871. The fourth-order valence-corrected chi connectivity index (χ4v) is 1.57. The van der Waals surface area contributed by atoms with Crippen molar-refractivity contribution in [2.75, 3.05) is 0 Å². The molecule has 0 aromatic heterocycles. The molecule has 18 heavy (non-hydrogen) atoms. The molecule has 0 heterocycles. The Labute approximate surface area is 107 Å². The van der Waals surface area contributed by atoms with Gasteiger partial charge in [0, 0.05) is 11.8 Å². The van der Waals surface area contributed by atoms with Crippen molar-refractivity contribution in [3.8, 4) is 0 Å². The minimum absolute atomic E-state index is 0.0952. The Morgan fingerprint density at radius 1 is 1.00 bits per heavy atom. The maximum Gasteiger partial charge on any atom is 0.255 e. The zero-order valence-electron chi connectivity index (χ0n) is 10.3. The lowest BCUT2D eigenvalue weighted by molar-refractivity contribution is 0.0970. The SMILES string of the molecule is Cc1ccc(C(=O)N/C=C\c2ccccc2)cc1. The lowest BCUT2D eigenvalue weighted by Crippen LogP contribution is -2.16. The number of nitrogens with one attached hydrogen (secondary N) is 1. The van der Waals surface area contributed by atoms with Gasteiger partial charge in [-0.15, -0.1) is 0 Å². The average Bonchev–Trinajstić information content (AvgIpc) is 2.40. The number of aryl methyl sites for hydroxylation is 1. The summed E-state index contributed by atoms with van der Waals surface area (Å²) in [5.74, 6) is -0.0952. The molecule has 1 amide bonds. The van der Waals surface area contributed by atoms with Crippen LogP contribution >= 0.6 is 0 Å². The first-order chi connectivity index (χ1) is 8.75. The summed E-state index contributed by atoms with van der Waals surface area (Å²) >= 11 is 0. The maximum atomic E-state index is 11.8. The van der Waals surface area contributed by atoms with Crippen LogP contribution in [0.3, 0.4) is 0 Å². The molecule has 0 atom stereocenters. The highest BCUT2D eigenvalue weighted by Gasteiger charge is 2.01. The van der Waals surface area contributed by atoms with E-state index in [1.165, 1.54) is 0 Å². The molecule has 0 saturated heterocycles. The van der Waals surface area contributed by atoms with E-state index in [1.54, 1.807) is 6.20 Å². The lowest BCUT2D eigenvalue weighted by atomic mass is 10.1.